The maximum Gasteiger partial charge on any atom is 0.261 e. The molecule has 0 saturated carbocycles. The standard InChI is InChI=1S/C15H15NO3S2/c1-11(17)12-7-9-13(10-8-12)21(18,19)16-14-5-3-4-6-15(14)20-2/h3-10,16H,1-2H3. The topological polar surface area (TPSA) is 63.2 Å². The Morgan fingerprint density at radius 3 is 2.24 bits per heavy atom. The largest absolute Gasteiger partial charge is 0.295 e. The molecule has 2 aromatic carbocycles. The fourth-order valence-electron chi connectivity index (χ4n) is 1.80. The summed E-state index contributed by atoms with van der Waals surface area (Å²) in [7, 11) is -3.66. The molecular formula is C15H15NO3S2. The predicted molar refractivity (Wildman–Crippen MR) is 85.5 cm³/mol. The molecule has 0 radical (unpaired) electrons. The van der Waals surface area contributed by atoms with Crippen molar-refractivity contribution in [1.82, 2.24) is 0 Å². The number of Topliss-reactive ketones (excluding diaryl/α,β-unsaturated/α-hetero) is 1. The quantitative estimate of drug-likeness (QED) is 0.677. The summed E-state index contributed by atoms with van der Waals surface area (Å²) in [6.07, 6.45) is 1.88. The molecule has 110 valence electrons. The molecule has 0 fully saturated rings. The third kappa shape index (κ3) is 3.65. The molecule has 0 amide bonds. The van der Waals surface area contributed by atoms with Gasteiger partial charge in [0.1, 0.15) is 0 Å². The highest BCUT2D eigenvalue weighted by atomic mass is 32.2. The molecule has 0 bridgehead atoms. The zero-order chi connectivity index (χ0) is 15.5. The molecule has 0 aromatic heterocycles. The molecule has 21 heavy (non-hydrogen) atoms. The van der Waals surface area contributed by atoms with Gasteiger partial charge in [-0.05, 0) is 37.4 Å². The third-order valence-corrected chi connectivity index (χ3v) is 5.10. The van der Waals surface area contributed by atoms with E-state index in [9.17, 15) is 13.2 Å². The maximum atomic E-state index is 12.3. The highest BCUT2D eigenvalue weighted by molar-refractivity contribution is 7.99. The Morgan fingerprint density at radius 1 is 1.05 bits per heavy atom. The first-order valence-corrected chi connectivity index (χ1v) is 8.91. The number of hydrogen-bond donors (Lipinski definition) is 1. The van der Waals surface area contributed by atoms with Crippen molar-refractivity contribution in [3.63, 3.8) is 0 Å². The lowest BCUT2D eigenvalue weighted by Crippen LogP contribution is -2.13. The van der Waals surface area contributed by atoms with Crippen LogP contribution in [0.15, 0.2) is 58.3 Å². The average molecular weight is 321 g/mol. The molecule has 0 saturated heterocycles. The zero-order valence-electron chi connectivity index (χ0n) is 11.7. The molecule has 6 heteroatoms. The van der Waals surface area contributed by atoms with E-state index in [1.807, 2.05) is 18.4 Å². The van der Waals surface area contributed by atoms with Crippen LogP contribution in [-0.4, -0.2) is 20.5 Å². The monoisotopic (exact) mass is 321 g/mol. The van der Waals surface area contributed by atoms with Gasteiger partial charge in [0.05, 0.1) is 10.6 Å². The van der Waals surface area contributed by atoms with Gasteiger partial charge in [-0.2, -0.15) is 0 Å². The fraction of sp³-hybridized carbons (Fsp3) is 0.133. The first-order chi connectivity index (χ1) is 9.94. The smallest absolute Gasteiger partial charge is 0.261 e. The Balaban J connectivity index is 2.32. The number of carbonyl (C=O) groups excluding carboxylic acids is 1. The van der Waals surface area contributed by atoms with Crippen molar-refractivity contribution >= 4 is 33.3 Å². The van der Waals surface area contributed by atoms with Crippen LogP contribution in [0.4, 0.5) is 5.69 Å². The van der Waals surface area contributed by atoms with Gasteiger partial charge >= 0.3 is 0 Å². The number of sulfonamides is 1. The zero-order valence-corrected chi connectivity index (χ0v) is 13.3. The van der Waals surface area contributed by atoms with Crippen LogP contribution in [0, 0.1) is 0 Å². The third-order valence-electron chi connectivity index (χ3n) is 2.92. The van der Waals surface area contributed by atoms with Gasteiger partial charge in [0, 0.05) is 10.5 Å². The Labute approximate surface area is 128 Å². The van der Waals surface area contributed by atoms with Crippen molar-refractivity contribution in [1.29, 1.82) is 0 Å². The maximum absolute atomic E-state index is 12.3. The molecule has 0 unspecified atom stereocenters. The van der Waals surface area contributed by atoms with E-state index >= 15 is 0 Å². The molecule has 0 aliphatic rings. The van der Waals surface area contributed by atoms with Crippen LogP contribution in [0.2, 0.25) is 0 Å². The van der Waals surface area contributed by atoms with Gasteiger partial charge in [-0.25, -0.2) is 8.42 Å². The van der Waals surface area contributed by atoms with Crippen molar-refractivity contribution in [2.45, 2.75) is 16.7 Å². The molecule has 2 rings (SSSR count). The Kier molecular flexibility index (Phi) is 4.69. The summed E-state index contributed by atoms with van der Waals surface area (Å²) in [5, 5.41) is 0. The lowest BCUT2D eigenvalue weighted by molar-refractivity contribution is 0.101. The van der Waals surface area contributed by atoms with E-state index in [0.717, 1.165) is 4.90 Å². The minimum absolute atomic E-state index is 0.0976. The van der Waals surface area contributed by atoms with Gasteiger partial charge < -0.3 is 0 Å². The van der Waals surface area contributed by atoms with E-state index in [0.29, 0.717) is 11.3 Å². The molecule has 0 spiro atoms. The van der Waals surface area contributed by atoms with Crippen LogP contribution >= 0.6 is 11.8 Å². The van der Waals surface area contributed by atoms with E-state index in [-0.39, 0.29) is 10.7 Å². The second-order valence-corrected chi connectivity index (χ2v) is 6.92. The van der Waals surface area contributed by atoms with Crippen molar-refractivity contribution in [2.75, 3.05) is 11.0 Å². The van der Waals surface area contributed by atoms with E-state index in [2.05, 4.69) is 4.72 Å². The lowest BCUT2D eigenvalue weighted by atomic mass is 10.2. The van der Waals surface area contributed by atoms with Crippen molar-refractivity contribution < 1.29 is 13.2 Å². The number of rotatable bonds is 5. The molecule has 0 aliphatic carbocycles. The Hall–Kier alpha value is -1.79. The van der Waals surface area contributed by atoms with Crippen LogP contribution in [0.1, 0.15) is 17.3 Å². The van der Waals surface area contributed by atoms with Crippen molar-refractivity contribution in [2.24, 2.45) is 0 Å². The van der Waals surface area contributed by atoms with Gasteiger partial charge in [-0.15, -0.1) is 11.8 Å². The average Bonchev–Trinajstić information content (AvgIpc) is 2.47. The lowest BCUT2D eigenvalue weighted by Gasteiger charge is -2.11. The predicted octanol–water partition coefficient (Wildman–Crippen LogP) is 3.41. The summed E-state index contributed by atoms with van der Waals surface area (Å²) in [4.78, 5) is 12.2. The summed E-state index contributed by atoms with van der Waals surface area (Å²) < 4.78 is 27.3. The van der Waals surface area contributed by atoms with Crippen molar-refractivity contribution in [3.05, 3.63) is 54.1 Å². The molecule has 0 atom stereocenters. The first-order valence-electron chi connectivity index (χ1n) is 6.21. The number of thioether (sulfide) groups is 1. The second kappa shape index (κ2) is 6.32. The van der Waals surface area contributed by atoms with Gasteiger partial charge in [-0.1, -0.05) is 24.3 Å². The number of nitrogens with one attached hydrogen (secondary N) is 1. The summed E-state index contributed by atoms with van der Waals surface area (Å²) >= 11 is 1.47. The Bertz CT molecular complexity index is 753. The molecule has 2 aromatic rings. The van der Waals surface area contributed by atoms with Crippen LogP contribution in [0.5, 0.6) is 0 Å². The second-order valence-electron chi connectivity index (χ2n) is 4.39. The molecule has 1 N–H and O–H groups in total. The van der Waals surface area contributed by atoms with Crippen LogP contribution in [0.3, 0.4) is 0 Å². The molecule has 4 nitrogen and oxygen atoms in total. The van der Waals surface area contributed by atoms with Gasteiger partial charge in [0.2, 0.25) is 0 Å². The summed E-state index contributed by atoms with van der Waals surface area (Å²) in [5.74, 6) is -0.0976. The van der Waals surface area contributed by atoms with Gasteiger partial charge in [-0.3, -0.25) is 9.52 Å². The molecule has 0 heterocycles. The highest BCUT2D eigenvalue weighted by Crippen LogP contribution is 2.27. The SMILES string of the molecule is CSc1ccccc1NS(=O)(=O)c1ccc(C(C)=O)cc1. The minimum atomic E-state index is -3.66. The molecule has 0 aliphatic heterocycles. The number of anilines is 1. The number of ketones is 1. The van der Waals surface area contributed by atoms with Crippen LogP contribution < -0.4 is 4.72 Å². The van der Waals surface area contributed by atoms with E-state index in [1.54, 1.807) is 12.1 Å². The normalized spacial score (nSPS) is 11.1. The first kappa shape index (κ1) is 15.6. The summed E-state index contributed by atoms with van der Waals surface area (Å²) in [5.41, 5.74) is 1.03. The van der Waals surface area contributed by atoms with Crippen LogP contribution in [0.25, 0.3) is 0 Å². The van der Waals surface area contributed by atoms with Gasteiger partial charge in [0.15, 0.2) is 5.78 Å². The fourth-order valence-corrected chi connectivity index (χ4v) is 3.50. The van der Waals surface area contributed by atoms with E-state index in [1.165, 1.54) is 43.0 Å². The number of para-hydroxylation sites is 1. The summed E-state index contributed by atoms with van der Waals surface area (Å²) in [6, 6.07) is 13.1. The highest BCUT2D eigenvalue weighted by Gasteiger charge is 2.16. The summed E-state index contributed by atoms with van der Waals surface area (Å²) in [6.45, 7) is 1.44. The number of benzene rings is 2. The Morgan fingerprint density at radius 2 is 1.67 bits per heavy atom. The minimum Gasteiger partial charge on any atom is -0.295 e. The number of carbonyl (C=O) groups is 1. The number of hydrogen-bond acceptors (Lipinski definition) is 4. The van der Waals surface area contributed by atoms with Crippen LogP contribution in [-0.2, 0) is 10.0 Å². The van der Waals surface area contributed by atoms with Gasteiger partial charge in [0.25, 0.3) is 10.0 Å². The molecular weight excluding hydrogens is 306 g/mol. The van der Waals surface area contributed by atoms with E-state index in [4.69, 9.17) is 0 Å². The van der Waals surface area contributed by atoms with Crippen molar-refractivity contribution in [3.8, 4) is 0 Å². The van der Waals surface area contributed by atoms with E-state index < -0.39 is 10.0 Å².